The fraction of sp³-hybridized carbons (Fsp3) is 0.409. The summed E-state index contributed by atoms with van der Waals surface area (Å²) in [5.74, 6) is 1.84. The Morgan fingerprint density at radius 1 is 1.00 bits per heavy atom. The lowest BCUT2D eigenvalue weighted by Gasteiger charge is -2.14. The smallest absolute Gasteiger partial charge is 0.193 e. The summed E-state index contributed by atoms with van der Waals surface area (Å²) in [6, 6.07) is 15.8. The molecule has 0 saturated heterocycles. The molecule has 0 radical (unpaired) electrons. The van der Waals surface area contributed by atoms with Crippen molar-refractivity contribution in [1.29, 1.82) is 0 Å². The topological polar surface area (TPSA) is 78.1 Å². The molecule has 0 unspecified atom stereocenters. The Morgan fingerprint density at radius 3 is 2.54 bits per heavy atom. The first-order valence-corrected chi connectivity index (χ1v) is 9.81. The second-order valence-electron chi connectivity index (χ2n) is 6.16. The van der Waals surface area contributed by atoms with Crippen molar-refractivity contribution in [2.45, 2.75) is 33.3 Å². The van der Waals surface area contributed by atoms with Crippen molar-refractivity contribution in [3.05, 3.63) is 54.1 Å². The molecular weight excluding hydrogens is 354 g/mol. The molecule has 6 heteroatoms. The van der Waals surface area contributed by atoms with Gasteiger partial charge >= 0.3 is 0 Å². The van der Waals surface area contributed by atoms with Crippen LogP contribution in [0.1, 0.15) is 32.3 Å². The molecule has 2 aromatic rings. The number of ether oxygens (including phenoxy) is 3. The van der Waals surface area contributed by atoms with E-state index in [1.807, 2.05) is 50.2 Å². The van der Waals surface area contributed by atoms with Gasteiger partial charge in [-0.05, 0) is 44.4 Å². The predicted octanol–water partition coefficient (Wildman–Crippen LogP) is 4.21. The van der Waals surface area contributed by atoms with Crippen LogP contribution in [0.2, 0.25) is 0 Å². The normalized spacial score (nSPS) is 11.3. The fourth-order valence-electron chi connectivity index (χ4n) is 2.60. The van der Waals surface area contributed by atoms with Gasteiger partial charge in [-0.1, -0.05) is 30.3 Å². The summed E-state index contributed by atoms with van der Waals surface area (Å²) in [6.45, 7) is 7.06. The molecule has 0 spiro atoms. The molecule has 0 aliphatic rings. The first-order valence-electron chi connectivity index (χ1n) is 9.81. The van der Waals surface area contributed by atoms with Gasteiger partial charge < -0.3 is 25.3 Å². The Labute approximate surface area is 167 Å². The van der Waals surface area contributed by atoms with Gasteiger partial charge in [-0.3, -0.25) is 4.99 Å². The van der Waals surface area contributed by atoms with Gasteiger partial charge in [0.15, 0.2) is 5.96 Å². The van der Waals surface area contributed by atoms with E-state index in [1.54, 1.807) is 0 Å². The van der Waals surface area contributed by atoms with Crippen LogP contribution in [0.25, 0.3) is 0 Å². The van der Waals surface area contributed by atoms with Gasteiger partial charge in [0.2, 0.25) is 0 Å². The van der Waals surface area contributed by atoms with Crippen molar-refractivity contribution >= 4 is 11.6 Å². The van der Waals surface area contributed by atoms with E-state index in [0.29, 0.717) is 38.9 Å². The number of benzene rings is 2. The molecule has 28 heavy (non-hydrogen) atoms. The lowest BCUT2D eigenvalue weighted by atomic mass is 10.2. The molecule has 0 fully saturated rings. The van der Waals surface area contributed by atoms with Gasteiger partial charge in [0.1, 0.15) is 11.5 Å². The van der Waals surface area contributed by atoms with Crippen molar-refractivity contribution in [2.24, 2.45) is 10.7 Å². The molecule has 0 atom stereocenters. The Morgan fingerprint density at radius 2 is 1.79 bits per heavy atom. The van der Waals surface area contributed by atoms with Crippen molar-refractivity contribution in [2.75, 3.05) is 31.7 Å². The Kier molecular flexibility index (Phi) is 9.72. The van der Waals surface area contributed by atoms with Crippen molar-refractivity contribution in [3.8, 4) is 11.5 Å². The maximum atomic E-state index is 6.02. The second kappa shape index (κ2) is 12.6. The summed E-state index contributed by atoms with van der Waals surface area (Å²) in [6.07, 6.45) is 1.85. The first-order chi connectivity index (χ1) is 13.7. The zero-order valence-electron chi connectivity index (χ0n) is 16.8. The average molecular weight is 386 g/mol. The minimum absolute atomic E-state index is 0.361. The van der Waals surface area contributed by atoms with E-state index in [-0.39, 0.29) is 0 Å². The monoisotopic (exact) mass is 385 g/mol. The largest absolute Gasteiger partial charge is 0.494 e. The number of rotatable bonds is 12. The Balaban J connectivity index is 1.73. The summed E-state index contributed by atoms with van der Waals surface area (Å²) in [5.41, 5.74) is 7.96. The van der Waals surface area contributed by atoms with Crippen LogP contribution in [0, 0.1) is 0 Å². The maximum absolute atomic E-state index is 6.02. The number of unbranched alkanes of at least 4 members (excludes halogenated alkanes) is 1. The predicted molar refractivity (Wildman–Crippen MR) is 114 cm³/mol. The van der Waals surface area contributed by atoms with E-state index < -0.39 is 0 Å². The second-order valence-corrected chi connectivity index (χ2v) is 6.16. The minimum atomic E-state index is 0.361. The first kappa shape index (κ1) is 21.6. The number of aliphatic imine (C=N–C) groups is 1. The minimum Gasteiger partial charge on any atom is -0.494 e. The molecular formula is C22H31N3O3. The van der Waals surface area contributed by atoms with E-state index in [0.717, 1.165) is 30.0 Å². The molecule has 6 nitrogen and oxygen atoms in total. The Bertz CT molecular complexity index is 720. The maximum Gasteiger partial charge on any atom is 0.193 e. The van der Waals surface area contributed by atoms with Gasteiger partial charge in [0.25, 0.3) is 0 Å². The van der Waals surface area contributed by atoms with E-state index in [1.165, 1.54) is 5.56 Å². The van der Waals surface area contributed by atoms with Gasteiger partial charge in [-0.2, -0.15) is 0 Å². The quantitative estimate of drug-likeness (QED) is 0.325. The van der Waals surface area contributed by atoms with Gasteiger partial charge in [0.05, 0.1) is 25.5 Å². The number of nitrogens with one attached hydrogen (secondary N) is 1. The summed E-state index contributed by atoms with van der Waals surface area (Å²) >= 11 is 0. The molecule has 0 aromatic heterocycles. The average Bonchev–Trinajstić information content (AvgIpc) is 2.70. The van der Waals surface area contributed by atoms with Crippen LogP contribution >= 0.6 is 0 Å². The van der Waals surface area contributed by atoms with E-state index in [4.69, 9.17) is 19.9 Å². The molecule has 0 heterocycles. The lowest BCUT2D eigenvalue weighted by Crippen LogP contribution is -2.23. The molecule has 0 bridgehead atoms. The van der Waals surface area contributed by atoms with Crippen LogP contribution in [0.3, 0.4) is 0 Å². The summed E-state index contributed by atoms with van der Waals surface area (Å²) < 4.78 is 16.8. The van der Waals surface area contributed by atoms with E-state index in [2.05, 4.69) is 22.4 Å². The zero-order chi connectivity index (χ0) is 20.0. The standard InChI is InChI=1S/C22H31N3O3/c1-3-27-19-12-13-21(28-4-2)20(16-19)25-22(23)24-14-8-9-15-26-17-18-10-6-5-7-11-18/h5-7,10-13,16H,3-4,8-9,14-15,17H2,1-2H3,(H3,23,24,25). The molecule has 0 amide bonds. The number of nitrogens with zero attached hydrogens (tertiary/aromatic N) is 1. The fourth-order valence-corrected chi connectivity index (χ4v) is 2.60. The van der Waals surface area contributed by atoms with Gasteiger partial charge in [-0.15, -0.1) is 0 Å². The third-order valence-electron chi connectivity index (χ3n) is 3.92. The van der Waals surface area contributed by atoms with Crippen LogP contribution in [0.15, 0.2) is 53.5 Å². The van der Waals surface area contributed by atoms with Crippen molar-refractivity contribution < 1.29 is 14.2 Å². The number of anilines is 1. The third kappa shape index (κ3) is 7.88. The third-order valence-corrected chi connectivity index (χ3v) is 3.92. The highest BCUT2D eigenvalue weighted by Crippen LogP contribution is 2.29. The number of hydrogen-bond acceptors (Lipinski definition) is 4. The van der Waals surface area contributed by atoms with E-state index in [9.17, 15) is 0 Å². The zero-order valence-corrected chi connectivity index (χ0v) is 16.8. The highest BCUT2D eigenvalue weighted by Gasteiger charge is 2.07. The summed E-state index contributed by atoms with van der Waals surface area (Å²) in [4.78, 5) is 4.38. The lowest BCUT2D eigenvalue weighted by molar-refractivity contribution is 0.117. The molecule has 3 N–H and O–H groups in total. The van der Waals surface area contributed by atoms with Crippen molar-refractivity contribution in [3.63, 3.8) is 0 Å². The van der Waals surface area contributed by atoms with Crippen LogP contribution in [0.4, 0.5) is 5.69 Å². The van der Waals surface area contributed by atoms with Crippen molar-refractivity contribution in [1.82, 2.24) is 0 Å². The highest BCUT2D eigenvalue weighted by atomic mass is 16.5. The molecule has 2 aromatic carbocycles. The van der Waals surface area contributed by atoms with Gasteiger partial charge in [-0.25, -0.2) is 0 Å². The molecule has 2 rings (SSSR count). The molecule has 0 aliphatic heterocycles. The van der Waals surface area contributed by atoms with Crippen LogP contribution in [-0.2, 0) is 11.3 Å². The van der Waals surface area contributed by atoms with E-state index >= 15 is 0 Å². The Hall–Kier alpha value is -2.73. The van der Waals surface area contributed by atoms with Crippen LogP contribution in [-0.4, -0.2) is 32.3 Å². The van der Waals surface area contributed by atoms with Gasteiger partial charge in [0, 0.05) is 19.2 Å². The number of nitrogens with two attached hydrogens (primary N) is 1. The number of guanidine groups is 1. The summed E-state index contributed by atoms with van der Waals surface area (Å²) in [7, 11) is 0. The molecule has 0 aliphatic carbocycles. The molecule has 152 valence electrons. The summed E-state index contributed by atoms with van der Waals surface area (Å²) in [5, 5.41) is 3.11. The van der Waals surface area contributed by atoms with Crippen LogP contribution in [0.5, 0.6) is 11.5 Å². The molecule has 0 saturated carbocycles. The highest BCUT2D eigenvalue weighted by molar-refractivity contribution is 5.94. The number of hydrogen-bond donors (Lipinski definition) is 2. The SMILES string of the molecule is CCOc1ccc(OCC)c(NC(N)=NCCCCOCc2ccccc2)c1. The van der Waals surface area contributed by atoms with Crippen LogP contribution < -0.4 is 20.5 Å².